The second kappa shape index (κ2) is 7.56. The molecule has 0 aliphatic carbocycles. The number of ether oxygens (including phenoxy) is 3. The molecule has 0 bridgehead atoms. The number of benzene rings is 1. The molecule has 0 radical (unpaired) electrons. The molecule has 1 aliphatic rings. The number of epoxide rings is 1. The van der Waals surface area contributed by atoms with Crippen molar-refractivity contribution in [3.05, 3.63) is 72.2 Å². The third-order valence-electron chi connectivity index (χ3n) is 2.84. The predicted molar refractivity (Wildman–Crippen MR) is 79.0 cm³/mol. The van der Waals surface area contributed by atoms with Gasteiger partial charge in [-0.25, -0.2) is 0 Å². The van der Waals surface area contributed by atoms with Gasteiger partial charge in [0.05, 0.1) is 6.61 Å². The van der Waals surface area contributed by atoms with Gasteiger partial charge in [-0.05, 0) is 24.6 Å². The molecule has 1 aliphatic heterocycles. The molecule has 1 heterocycles. The monoisotopic (exact) mass is 272 g/mol. The number of hydrogen-bond acceptors (Lipinski definition) is 3. The Kier molecular flexibility index (Phi) is 5.44. The van der Waals surface area contributed by atoms with Gasteiger partial charge in [0.1, 0.15) is 19.3 Å². The van der Waals surface area contributed by atoms with E-state index in [9.17, 15) is 0 Å². The van der Waals surface area contributed by atoms with E-state index in [0.717, 1.165) is 17.9 Å². The van der Waals surface area contributed by atoms with E-state index >= 15 is 0 Å². The number of hydrogen-bond donors (Lipinski definition) is 0. The van der Waals surface area contributed by atoms with Crippen LogP contribution in [0.25, 0.3) is 0 Å². The maximum Gasteiger partial charge on any atom is 0.160 e. The molecule has 0 aromatic heterocycles. The number of allylic oxidation sites excluding steroid dienone is 3. The first-order valence-electron chi connectivity index (χ1n) is 6.74. The molecule has 1 atom stereocenters. The Bertz CT molecular complexity index is 484. The van der Waals surface area contributed by atoms with E-state index in [0.29, 0.717) is 19.0 Å². The van der Waals surface area contributed by atoms with Crippen LogP contribution in [-0.4, -0.2) is 19.3 Å². The Morgan fingerprint density at radius 3 is 2.65 bits per heavy atom. The maximum atomic E-state index is 5.82. The van der Waals surface area contributed by atoms with Crippen LogP contribution in [0.4, 0.5) is 0 Å². The van der Waals surface area contributed by atoms with Crippen molar-refractivity contribution >= 4 is 0 Å². The molecule has 3 nitrogen and oxygen atoms in total. The van der Waals surface area contributed by atoms with E-state index in [4.69, 9.17) is 14.2 Å². The lowest BCUT2D eigenvalue weighted by Crippen LogP contribution is -2.05. The average Bonchev–Trinajstić information content (AvgIpc) is 3.30. The summed E-state index contributed by atoms with van der Waals surface area (Å²) >= 11 is 0. The lowest BCUT2D eigenvalue weighted by Gasteiger charge is -2.14. The molecule has 3 heteroatoms. The average molecular weight is 272 g/mol. The molecule has 2 rings (SSSR count). The fraction of sp³-hybridized carbons (Fsp3) is 0.294. The molecule has 1 aromatic rings. The highest BCUT2D eigenvalue weighted by molar-refractivity contribution is 5.24. The summed E-state index contributed by atoms with van der Waals surface area (Å²) in [5.74, 6) is 1.41. The Hall–Kier alpha value is -2.00. The smallest absolute Gasteiger partial charge is 0.160 e. The van der Waals surface area contributed by atoms with Crippen molar-refractivity contribution in [3.63, 3.8) is 0 Å². The van der Waals surface area contributed by atoms with Gasteiger partial charge in [-0.1, -0.05) is 43.0 Å². The van der Waals surface area contributed by atoms with Crippen molar-refractivity contribution < 1.29 is 14.2 Å². The summed E-state index contributed by atoms with van der Waals surface area (Å²) in [4.78, 5) is 0. The SMILES string of the molecule is C=C/C=C(OCC1CO1)\C(=C/C)OCc1ccccc1. The molecule has 1 aromatic carbocycles. The van der Waals surface area contributed by atoms with Crippen molar-refractivity contribution in [1.29, 1.82) is 0 Å². The summed E-state index contributed by atoms with van der Waals surface area (Å²) in [5, 5.41) is 0. The minimum absolute atomic E-state index is 0.218. The summed E-state index contributed by atoms with van der Waals surface area (Å²) in [5.41, 5.74) is 1.12. The van der Waals surface area contributed by atoms with E-state index in [1.165, 1.54) is 0 Å². The predicted octanol–water partition coefficient (Wildman–Crippen LogP) is 3.59. The highest BCUT2D eigenvalue weighted by atomic mass is 16.6. The highest BCUT2D eigenvalue weighted by Gasteiger charge is 2.24. The summed E-state index contributed by atoms with van der Waals surface area (Å²) in [6, 6.07) is 10.0. The van der Waals surface area contributed by atoms with Gasteiger partial charge in [0, 0.05) is 0 Å². The van der Waals surface area contributed by atoms with Gasteiger partial charge in [0.15, 0.2) is 11.5 Å². The minimum atomic E-state index is 0.218. The molecule has 20 heavy (non-hydrogen) atoms. The van der Waals surface area contributed by atoms with E-state index in [-0.39, 0.29) is 6.10 Å². The molecular weight excluding hydrogens is 252 g/mol. The molecule has 1 fully saturated rings. The topological polar surface area (TPSA) is 31.0 Å². The van der Waals surface area contributed by atoms with Crippen molar-refractivity contribution in [2.75, 3.05) is 13.2 Å². The Labute approximate surface area is 120 Å². The largest absolute Gasteiger partial charge is 0.487 e. The lowest BCUT2D eigenvalue weighted by molar-refractivity contribution is 0.133. The highest BCUT2D eigenvalue weighted by Crippen LogP contribution is 2.19. The van der Waals surface area contributed by atoms with Crippen LogP contribution in [0.15, 0.2) is 66.7 Å². The Morgan fingerprint density at radius 1 is 1.30 bits per heavy atom. The molecule has 0 saturated carbocycles. The zero-order valence-corrected chi connectivity index (χ0v) is 11.7. The van der Waals surface area contributed by atoms with Gasteiger partial charge in [-0.2, -0.15) is 0 Å². The van der Waals surface area contributed by atoms with Gasteiger partial charge in [0.2, 0.25) is 0 Å². The van der Waals surface area contributed by atoms with Crippen molar-refractivity contribution in [1.82, 2.24) is 0 Å². The lowest BCUT2D eigenvalue weighted by atomic mass is 10.2. The third-order valence-corrected chi connectivity index (χ3v) is 2.84. The van der Waals surface area contributed by atoms with Crippen LogP contribution in [0.2, 0.25) is 0 Å². The van der Waals surface area contributed by atoms with Gasteiger partial charge in [-0.3, -0.25) is 0 Å². The molecular formula is C17H20O3. The first-order chi connectivity index (χ1) is 9.83. The summed E-state index contributed by atoms with van der Waals surface area (Å²) in [6.45, 7) is 7.47. The Morgan fingerprint density at radius 2 is 2.05 bits per heavy atom. The molecule has 1 saturated heterocycles. The van der Waals surface area contributed by atoms with Crippen LogP contribution in [-0.2, 0) is 20.8 Å². The van der Waals surface area contributed by atoms with Crippen LogP contribution in [0.5, 0.6) is 0 Å². The third kappa shape index (κ3) is 4.59. The van der Waals surface area contributed by atoms with E-state index < -0.39 is 0 Å². The van der Waals surface area contributed by atoms with Gasteiger partial charge in [-0.15, -0.1) is 0 Å². The first-order valence-corrected chi connectivity index (χ1v) is 6.74. The quantitative estimate of drug-likeness (QED) is 0.411. The van der Waals surface area contributed by atoms with Gasteiger partial charge >= 0.3 is 0 Å². The molecule has 1 unspecified atom stereocenters. The zero-order valence-electron chi connectivity index (χ0n) is 11.7. The minimum Gasteiger partial charge on any atom is -0.487 e. The van der Waals surface area contributed by atoms with Crippen LogP contribution < -0.4 is 0 Å². The van der Waals surface area contributed by atoms with Crippen LogP contribution >= 0.6 is 0 Å². The summed E-state index contributed by atoms with van der Waals surface area (Å²) < 4.78 is 16.7. The zero-order chi connectivity index (χ0) is 14.2. The van der Waals surface area contributed by atoms with Crippen LogP contribution in [0.1, 0.15) is 12.5 Å². The second-order valence-electron chi connectivity index (χ2n) is 4.46. The fourth-order valence-electron chi connectivity index (χ4n) is 1.69. The van der Waals surface area contributed by atoms with Crippen molar-refractivity contribution in [3.8, 4) is 0 Å². The number of rotatable bonds is 8. The van der Waals surface area contributed by atoms with Gasteiger partial charge in [0.25, 0.3) is 0 Å². The van der Waals surface area contributed by atoms with Crippen LogP contribution in [0, 0.1) is 0 Å². The molecule has 0 amide bonds. The van der Waals surface area contributed by atoms with Gasteiger partial charge < -0.3 is 14.2 Å². The second-order valence-corrected chi connectivity index (χ2v) is 4.46. The maximum absolute atomic E-state index is 5.82. The van der Waals surface area contributed by atoms with Crippen LogP contribution in [0.3, 0.4) is 0 Å². The molecule has 106 valence electrons. The fourth-order valence-corrected chi connectivity index (χ4v) is 1.69. The first kappa shape index (κ1) is 14.4. The summed E-state index contributed by atoms with van der Waals surface area (Å²) in [7, 11) is 0. The van der Waals surface area contributed by atoms with Crippen molar-refractivity contribution in [2.24, 2.45) is 0 Å². The van der Waals surface area contributed by atoms with E-state index in [2.05, 4.69) is 6.58 Å². The molecule has 0 N–H and O–H groups in total. The molecule has 0 spiro atoms. The normalized spacial score (nSPS) is 18.6. The standard InChI is InChI=1S/C17H20O3/c1-3-8-17(20-13-15-12-18-15)16(4-2)19-11-14-9-6-5-7-10-14/h3-10,15H,1,11-13H2,2H3/b16-4+,17-8+. The van der Waals surface area contributed by atoms with Crippen molar-refractivity contribution in [2.45, 2.75) is 19.6 Å². The Balaban J connectivity index is 1.93. The van der Waals surface area contributed by atoms with E-state index in [1.807, 2.05) is 49.4 Å². The summed E-state index contributed by atoms with van der Waals surface area (Å²) in [6.07, 6.45) is 5.61. The van der Waals surface area contributed by atoms with E-state index in [1.54, 1.807) is 6.08 Å².